The topological polar surface area (TPSA) is 42.0 Å². The largest absolute Gasteiger partial charge is 0.348 e. The van der Waals surface area contributed by atoms with Gasteiger partial charge in [-0.15, -0.1) is 0 Å². The van der Waals surface area contributed by atoms with Crippen molar-refractivity contribution in [1.82, 2.24) is 10.3 Å². The highest BCUT2D eigenvalue weighted by atomic mass is 32.2. The Morgan fingerprint density at radius 2 is 1.48 bits per heavy atom. The number of hydrogen-bond acceptors (Lipinski definition) is 3. The monoisotopic (exact) mass is 428 g/mol. The van der Waals surface area contributed by atoms with Crippen LogP contribution in [0.5, 0.6) is 0 Å². The molecule has 0 saturated heterocycles. The molecule has 1 aromatic heterocycles. The molecule has 1 N–H and O–H groups in total. The van der Waals surface area contributed by atoms with Crippen LogP contribution in [0.15, 0.2) is 84.9 Å². The van der Waals surface area contributed by atoms with Gasteiger partial charge in [0.05, 0.1) is 16.8 Å². The van der Waals surface area contributed by atoms with Crippen LogP contribution in [-0.2, 0) is 12.3 Å². The lowest BCUT2D eigenvalue weighted by atomic mass is 9.97. The zero-order valence-corrected chi connectivity index (χ0v) is 19.1. The van der Waals surface area contributed by atoms with Gasteiger partial charge in [-0.1, -0.05) is 92.7 Å². The highest BCUT2D eigenvalue weighted by molar-refractivity contribution is 7.97. The van der Waals surface area contributed by atoms with Crippen LogP contribution < -0.4 is 5.32 Å². The summed E-state index contributed by atoms with van der Waals surface area (Å²) >= 11 is 1.70. The van der Waals surface area contributed by atoms with Crippen molar-refractivity contribution in [2.45, 2.75) is 26.1 Å². The molecule has 0 atom stereocenters. The first-order chi connectivity index (χ1) is 15.3. The average molecular weight is 429 g/mol. The van der Waals surface area contributed by atoms with Crippen molar-refractivity contribution in [1.29, 1.82) is 0 Å². The van der Waals surface area contributed by atoms with Crippen LogP contribution >= 0.6 is 11.8 Å². The summed E-state index contributed by atoms with van der Waals surface area (Å²) in [6, 6.07) is 28.0. The molecular formula is C27H28N2OS. The summed E-state index contributed by atoms with van der Waals surface area (Å²) in [5.74, 6) is 0.657. The average Bonchev–Trinajstić information content (AvgIpc) is 2.84. The molecule has 4 rings (SSSR count). The quantitative estimate of drug-likeness (QED) is 0.371. The molecule has 0 aliphatic rings. The minimum atomic E-state index is -0.0614. The van der Waals surface area contributed by atoms with E-state index in [0.717, 1.165) is 44.6 Å². The van der Waals surface area contributed by atoms with Crippen LogP contribution in [0.3, 0.4) is 0 Å². The SMILES string of the molecule is CC.CSCc1c(-c2ccccc2)nc2ccccc2c1C(=O)NCc1ccccc1. The third-order valence-corrected chi connectivity index (χ3v) is 5.43. The lowest BCUT2D eigenvalue weighted by molar-refractivity contribution is 0.0952. The van der Waals surface area contributed by atoms with Gasteiger partial charge in [-0.2, -0.15) is 11.8 Å². The van der Waals surface area contributed by atoms with E-state index in [4.69, 9.17) is 4.98 Å². The predicted molar refractivity (Wildman–Crippen MR) is 133 cm³/mol. The summed E-state index contributed by atoms with van der Waals surface area (Å²) in [5.41, 5.74) is 5.52. The normalized spacial score (nSPS) is 10.3. The molecule has 0 radical (unpaired) electrons. The van der Waals surface area contributed by atoms with E-state index in [9.17, 15) is 4.79 Å². The molecule has 4 aromatic rings. The molecule has 1 heterocycles. The van der Waals surface area contributed by atoms with Gasteiger partial charge < -0.3 is 5.32 Å². The van der Waals surface area contributed by atoms with E-state index in [-0.39, 0.29) is 5.91 Å². The van der Waals surface area contributed by atoms with Gasteiger partial charge in [-0.05, 0) is 17.9 Å². The highest BCUT2D eigenvalue weighted by Crippen LogP contribution is 2.32. The number of para-hydroxylation sites is 1. The van der Waals surface area contributed by atoms with Gasteiger partial charge in [0.2, 0.25) is 0 Å². The van der Waals surface area contributed by atoms with E-state index in [2.05, 4.69) is 11.6 Å². The van der Waals surface area contributed by atoms with Crippen LogP contribution in [0.2, 0.25) is 0 Å². The Labute approximate surface area is 188 Å². The maximum Gasteiger partial charge on any atom is 0.252 e. The Morgan fingerprint density at radius 3 is 2.16 bits per heavy atom. The lowest BCUT2D eigenvalue weighted by Crippen LogP contribution is -2.25. The smallest absolute Gasteiger partial charge is 0.252 e. The van der Waals surface area contributed by atoms with Crippen molar-refractivity contribution in [3.8, 4) is 11.3 Å². The van der Waals surface area contributed by atoms with Crippen molar-refractivity contribution in [2.24, 2.45) is 0 Å². The molecule has 158 valence electrons. The fourth-order valence-electron chi connectivity index (χ4n) is 3.50. The van der Waals surface area contributed by atoms with Crippen LogP contribution in [-0.4, -0.2) is 17.1 Å². The minimum Gasteiger partial charge on any atom is -0.348 e. The fraction of sp³-hybridized carbons (Fsp3) is 0.185. The summed E-state index contributed by atoms with van der Waals surface area (Å²) < 4.78 is 0. The van der Waals surface area contributed by atoms with E-state index in [0.29, 0.717) is 6.54 Å². The molecule has 0 bridgehead atoms. The van der Waals surface area contributed by atoms with Crippen LogP contribution in [0, 0.1) is 0 Å². The minimum absolute atomic E-state index is 0.0614. The number of nitrogens with zero attached hydrogens (tertiary/aromatic N) is 1. The molecular weight excluding hydrogens is 400 g/mol. The zero-order valence-electron chi connectivity index (χ0n) is 18.3. The van der Waals surface area contributed by atoms with E-state index >= 15 is 0 Å². The summed E-state index contributed by atoms with van der Waals surface area (Å²) in [6.07, 6.45) is 2.05. The summed E-state index contributed by atoms with van der Waals surface area (Å²) in [4.78, 5) is 18.3. The number of nitrogens with one attached hydrogen (secondary N) is 1. The molecule has 0 saturated carbocycles. The van der Waals surface area contributed by atoms with Gasteiger partial charge in [0.15, 0.2) is 0 Å². The number of rotatable bonds is 6. The summed E-state index contributed by atoms with van der Waals surface area (Å²) in [7, 11) is 0. The number of pyridine rings is 1. The molecule has 31 heavy (non-hydrogen) atoms. The van der Waals surface area contributed by atoms with E-state index in [1.807, 2.05) is 98.8 Å². The standard InChI is InChI=1S/C25H22N2OS.C2H6/c1-29-17-21-23(25(28)26-16-18-10-4-2-5-11-18)20-14-8-9-15-22(20)27-24(21)19-12-6-3-7-13-19;1-2/h2-15H,16-17H2,1H3,(H,26,28);1-2H3. The van der Waals surface area contributed by atoms with Crippen LogP contribution in [0.4, 0.5) is 0 Å². The molecule has 0 unspecified atom stereocenters. The number of carbonyl (C=O) groups is 1. The van der Waals surface area contributed by atoms with Gasteiger partial charge in [-0.3, -0.25) is 4.79 Å². The number of hydrogen-bond donors (Lipinski definition) is 1. The van der Waals surface area contributed by atoms with Gasteiger partial charge in [0.1, 0.15) is 0 Å². The number of amides is 1. The molecule has 1 amide bonds. The first-order valence-electron chi connectivity index (χ1n) is 10.6. The van der Waals surface area contributed by atoms with Gasteiger partial charge in [0, 0.05) is 28.8 Å². The van der Waals surface area contributed by atoms with E-state index < -0.39 is 0 Å². The second-order valence-corrected chi connectivity index (χ2v) is 7.66. The summed E-state index contributed by atoms with van der Waals surface area (Å²) in [6.45, 7) is 4.50. The third kappa shape index (κ3) is 5.33. The number of aromatic nitrogens is 1. The first-order valence-corrected chi connectivity index (χ1v) is 12.0. The molecule has 0 aliphatic heterocycles. The summed E-state index contributed by atoms with van der Waals surface area (Å²) in [5, 5.41) is 4.00. The maximum atomic E-state index is 13.4. The lowest BCUT2D eigenvalue weighted by Gasteiger charge is -2.17. The highest BCUT2D eigenvalue weighted by Gasteiger charge is 2.21. The van der Waals surface area contributed by atoms with Crippen molar-refractivity contribution in [3.05, 3.63) is 102 Å². The first kappa shape index (κ1) is 22.6. The molecule has 0 spiro atoms. The Bertz CT molecular complexity index is 1130. The number of thioether (sulfide) groups is 1. The molecule has 0 aliphatic carbocycles. The van der Waals surface area contributed by atoms with Crippen LogP contribution in [0.25, 0.3) is 22.2 Å². The van der Waals surface area contributed by atoms with Crippen LogP contribution in [0.1, 0.15) is 35.3 Å². The Balaban J connectivity index is 0.00000132. The molecule has 3 nitrogen and oxygen atoms in total. The number of carbonyl (C=O) groups excluding carboxylic acids is 1. The van der Waals surface area contributed by atoms with Crippen molar-refractivity contribution in [3.63, 3.8) is 0 Å². The number of fused-ring (bicyclic) bond motifs is 1. The Hall–Kier alpha value is -3.11. The fourth-order valence-corrected chi connectivity index (χ4v) is 4.07. The van der Waals surface area contributed by atoms with E-state index in [1.165, 1.54) is 0 Å². The van der Waals surface area contributed by atoms with Crippen molar-refractivity contribution >= 4 is 28.6 Å². The van der Waals surface area contributed by atoms with Gasteiger partial charge in [-0.25, -0.2) is 4.98 Å². The van der Waals surface area contributed by atoms with Crippen molar-refractivity contribution < 1.29 is 4.79 Å². The second kappa shape index (κ2) is 11.3. The second-order valence-electron chi connectivity index (χ2n) is 6.80. The molecule has 0 fully saturated rings. The predicted octanol–water partition coefficient (Wildman–Crippen LogP) is 6.72. The maximum absolute atomic E-state index is 13.4. The zero-order chi connectivity index (χ0) is 22.1. The Kier molecular flexibility index (Phi) is 8.25. The van der Waals surface area contributed by atoms with Gasteiger partial charge in [0.25, 0.3) is 5.91 Å². The van der Waals surface area contributed by atoms with E-state index in [1.54, 1.807) is 11.8 Å². The van der Waals surface area contributed by atoms with Crippen molar-refractivity contribution in [2.75, 3.05) is 6.26 Å². The third-order valence-electron chi connectivity index (χ3n) is 4.85. The molecule has 4 heteroatoms. The Morgan fingerprint density at radius 1 is 0.871 bits per heavy atom. The molecule has 3 aromatic carbocycles. The number of benzene rings is 3. The van der Waals surface area contributed by atoms with Gasteiger partial charge >= 0.3 is 0 Å².